The molecular formula is C28H44N6O3S2. The van der Waals surface area contributed by atoms with Crippen LogP contribution < -0.4 is 5.32 Å². The minimum absolute atomic E-state index is 0.0195. The van der Waals surface area contributed by atoms with Gasteiger partial charge >= 0.3 is 0 Å². The van der Waals surface area contributed by atoms with Gasteiger partial charge in [0.15, 0.2) is 0 Å². The molecule has 2 aromatic heterocycles. The lowest BCUT2D eigenvalue weighted by molar-refractivity contribution is -0.127. The van der Waals surface area contributed by atoms with Crippen LogP contribution in [0.25, 0.3) is 0 Å². The fourth-order valence-electron chi connectivity index (χ4n) is 6.99. The van der Waals surface area contributed by atoms with Crippen molar-refractivity contribution in [2.45, 2.75) is 103 Å². The maximum atomic E-state index is 13.3. The number of rotatable bonds is 9. The first-order valence-electron chi connectivity index (χ1n) is 14.5. The highest BCUT2D eigenvalue weighted by molar-refractivity contribution is 7.88. The van der Waals surface area contributed by atoms with E-state index in [2.05, 4.69) is 64.1 Å². The Morgan fingerprint density at radius 3 is 2.31 bits per heavy atom. The van der Waals surface area contributed by atoms with Gasteiger partial charge in [0, 0.05) is 54.5 Å². The molecule has 1 amide bonds. The van der Waals surface area contributed by atoms with Crippen LogP contribution >= 0.6 is 11.3 Å². The second-order valence-corrected chi connectivity index (χ2v) is 15.1. The number of nitrogens with one attached hydrogen (secondary N) is 1. The molecule has 3 saturated heterocycles. The molecule has 9 nitrogen and oxygen atoms in total. The van der Waals surface area contributed by atoms with Crippen molar-refractivity contribution in [3.63, 3.8) is 0 Å². The molecule has 0 radical (unpaired) electrons. The highest BCUT2D eigenvalue weighted by Crippen LogP contribution is 2.42. The number of aromatic nitrogens is 3. The van der Waals surface area contributed by atoms with E-state index in [0.29, 0.717) is 50.0 Å². The van der Waals surface area contributed by atoms with E-state index in [4.69, 9.17) is 0 Å². The van der Waals surface area contributed by atoms with Gasteiger partial charge in [-0.25, -0.2) is 12.7 Å². The van der Waals surface area contributed by atoms with Gasteiger partial charge in [0.1, 0.15) is 11.6 Å². The molecule has 1 unspecified atom stereocenters. The van der Waals surface area contributed by atoms with Crippen LogP contribution in [0, 0.1) is 19.8 Å². The number of hydrogen-bond acceptors (Lipinski definition) is 7. The van der Waals surface area contributed by atoms with Crippen LogP contribution in [0.4, 0.5) is 0 Å². The number of carbonyl (C=O) groups excluding carboxylic acids is 1. The molecule has 2 bridgehead atoms. The summed E-state index contributed by atoms with van der Waals surface area (Å²) in [5, 5.41) is 14.4. The average molecular weight is 577 g/mol. The summed E-state index contributed by atoms with van der Waals surface area (Å²) in [6.07, 6.45) is 8.00. The van der Waals surface area contributed by atoms with E-state index < -0.39 is 10.0 Å². The molecule has 11 heteroatoms. The first-order valence-corrected chi connectivity index (χ1v) is 17.2. The molecule has 0 saturated carbocycles. The van der Waals surface area contributed by atoms with E-state index >= 15 is 0 Å². The van der Waals surface area contributed by atoms with Crippen molar-refractivity contribution in [3.05, 3.63) is 33.5 Å². The average Bonchev–Trinajstić information content (AvgIpc) is 3.56. The van der Waals surface area contributed by atoms with Crippen LogP contribution in [0.5, 0.6) is 0 Å². The minimum atomic E-state index is -3.20. The second-order valence-electron chi connectivity index (χ2n) is 12.2. The summed E-state index contributed by atoms with van der Waals surface area (Å²) in [4.78, 5) is 17.2. The second kappa shape index (κ2) is 11.6. The molecule has 0 aliphatic carbocycles. The normalized spacial score (nSPS) is 25.8. The Hall–Kier alpha value is -1.82. The maximum absolute atomic E-state index is 13.3. The van der Waals surface area contributed by atoms with Crippen molar-refractivity contribution >= 4 is 27.3 Å². The third-order valence-electron chi connectivity index (χ3n) is 9.01. The zero-order chi connectivity index (χ0) is 27.9. The van der Waals surface area contributed by atoms with Gasteiger partial charge in [0.05, 0.1) is 12.3 Å². The highest BCUT2D eigenvalue weighted by Gasteiger charge is 2.42. The Morgan fingerprint density at radius 1 is 1.08 bits per heavy atom. The van der Waals surface area contributed by atoms with E-state index in [9.17, 15) is 13.2 Å². The summed E-state index contributed by atoms with van der Waals surface area (Å²) in [6.45, 7) is 10.4. The smallest absolute Gasteiger partial charge is 0.223 e. The number of sulfonamides is 1. The molecule has 4 atom stereocenters. The van der Waals surface area contributed by atoms with Gasteiger partial charge in [-0.05, 0) is 75.8 Å². The van der Waals surface area contributed by atoms with E-state index in [0.717, 1.165) is 37.5 Å². The largest absolute Gasteiger partial charge is 0.348 e. The molecule has 5 rings (SSSR count). The van der Waals surface area contributed by atoms with Gasteiger partial charge in [-0.1, -0.05) is 13.8 Å². The Bertz CT molecular complexity index is 1250. The van der Waals surface area contributed by atoms with Crippen molar-refractivity contribution in [1.29, 1.82) is 0 Å². The third-order valence-corrected chi connectivity index (χ3v) is 11.5. The van der Waals surface area contributed by atoms with E-state index in [1.54, 1.807) is 11.3 Å². The lowest BCUT2D eigenvalue weighted by Crippen LogP contribution is -2.46. The summed E-state index contributed by atoms with van der Waals surface area (Å²) >= 11 is 1.72. The minimum Gasteiger partial charge on any atom is -0.348 e. The summed E-state index contributed by atoms with van der Waals surface area (Å²) in [5.41, 5.74) is 1.22. The van der Waals surface area contributed by atoms with Crippen molar-refractivity contribution < 1.29 is 13.2 Å². The number of amides is 1. The van der Waals surface area contributed by atoms with Gasteiger partial charge < -0.3 is 9.88 Å². The number of piperidine rings is 2. The van der Waals surface area contributed by atoms with Crippen LogP contribution in [0.2, 0.25) is 0 Å². The number of fused-ring (bicyclic) bond motifs is 2. The lowest BCUT2D eigenvalue weighted by Gasteiger charge is -2.40. The van der Waals surface area contributed by atoms with Gasteiger partial charge in [-0.15, -0.1) is 21.5 Å². The maximum Gasteiger partial charge on any atom is 0.223 e. The third kappa shape index (κ3) is 6.26. The number of thiophene rings is 1. The predicted molar refractivity (Wildman–Crippen MR) is 154 cm³/mol. The zero-order valence-electron chi connectivity index (χ0n) is 24.0. The van der Waals surface area contributed by atoms with E-state index in [1.165, 1.54) is 33.8 Å². The molecule has 5 heterocycles. The molecule has 3 aliphatic heterocycles. The van der Waals surface area contributed by atoms with Gasteiger partial charge in [-0.2, -0.15) is 0 Å². The highest BCUT2D eigenvalue weighted by atomic mass is 32.2. The molecule has 1 N–H and O–H groups in total. The topological polar surface area (TPSA) is 100 Å². The molecule has 39 heavy (non-hydrogen) atoms. The fraction of sp³-hybridized carbons (Fsp3) is 0.750. The molecule has 3 fully saturated rings. The van der Waals surface area contributed by atoms with Crippen LogP contribution in [0.15, 0.2) is 11.4 Å². The van der Waals surface area contributed by atoms with Gasteiger partial charge in [0.25, 0.3) is 0 Å². The van der Waals surface area contributed by atoms with E-state index in [-0.39, 0.29) is 17.9 Å². The summed E-state index contributed by atoms with van der Waals surface area (Å²) < 4.78 is 27.7. The standard InChI is InChI=1S/C28H44N6O3S2/c1-18(2)27-31-30-20(4)34(27)24-15-22-6-7-23(16-24)33(22)13-10-25(26-14-19(3)17-38-26)29-28(35)21-8-11-32(12-9-21)39(5,36)37/h14,17-18,21-25H,6-13,15-16H2,1-5H3,(H,29,35)/t22-,23+,24?,25-/m0/s1. The van der Waals surface area contributed by atoms with Crippen molar-refractivity contribution in [2.24, 2.45) is 5.92 Å². The van der Waals surface area contributed by atoms with Crippen LogP contribution in [0.1, 0.15) is 98.9 Å². The van der Waals surface area contributed by atoms with E-state index in [1.807, 2.05) is 0 Å². The van der Waals surface area contributed by atoms with Crippen LogP contribution in [-0.2, 0) is 14.8 Å². The number of carbonyl (C=O) groups is 1. The SMILES string of the molecule is Cc1csc([C@H](CCN2[C@@H]3CC[C@H]2CC(n2c(C)nnc2C(C)C)C3)NC(=O)C2CCN(S(C)(=O)=O)CC2)c1. The zero-order valence-corrected chi connectivity index (χ0v) is 25.6. The number of nitrogens with zero attached hydrogens (tertiary/aromatic N) is 5. The predicted octanol–water partition coefficient (Wildman–Crippen LogP) is 4.17. The Labute approximate surface area is 237 Å². The summed E-state index contributed by atoms with van der Waals surface area (Å²) in [7, 11) is -3.20. The first-order chi connectivity index (χ1) is 18.5. The molecule has 216 valence electrons. The van der Waals surface area contributed by atoms with Gasteiger partial charge in [0.2, 0.25) is 15.9 Å². The quantitative estimate of drug-likeness (QED) is 0.481. The monoisotopic (exact) mass is 576 g/mol. The van der Waals surface area contributed by atoms with Crippen molar-refractivity contribution in [1.82, 2.24) is 29.3 Å². The summed E-state index contributed by atoms with van der Waals surface area (Å²) in [6, 6.07) is 3.74. The molecule has 0 spiro atoms. The molecule has 2 aromatic rings. The fourth-order valence-corrected chi connectivity index (χ4v) is 8.85. The number of aryl methyl sites for hydroxylation is 2. The van der Waals surface area contributed by atoms with Crippen LogP contribution in [-0.4, -0.2) is 76.3 Å². The van der Waals surface area contributed by atoms with Crippen LogP contribution in [0.3, 0.4) is 0 Å². The molecular weight excluding hydrogens is 532 g/mol. The summed E-state index contributed by atoms with van der Waals surface area (Å²) in [5.74, 6) is 2.41. The first kappa shape index (κ1) is 28.7. The van der Waals surface area contributed by atoms with Crippen molar-refractivity contribution in [3.8, 4) is 0 Å². The number of hydrogen-bond donors (Lipinski definition) is 1. The van der Waals surface area contributed by atoms with Crippen molar-refractivity contribution in [2.75, 3.05) is 25.9 Å². The molecule has 0 aromatic carbocycles. The Kier molecular flexibility index (Phi) is 8.52. The molecule has 3 aliphatic rings. The Morgan fingerprint density at radius 2 is 1.74 bits per heavy atom. The Balaban J connectivity index is 1.23. The lowest BCUT2D eigenvalue weighted by atomic mass is 9.95. The van der Waals surface area contributed by atoms with Gasteiger partial charge in [-0.3, -0.25) is 9.69 Å².